The number of hydrogen-bond acceptors (Lipinski definition) is 2. The molecule has 1 N–H and O–H groups in total. The topological polar surface area (TPSA) is 15.3 Å². The summed E-state index contributed by atoms with van der Waals surface area (Å²) >= 11 is 0. The molecule has 2 nitrogen and oxygen atoms in total. The molecule has 1 saturated heterocycles. The summed E-state index contributed by atoms with van der Waals surface area (Å²) in [5.41, 5.74) is 2.70. The lowest BCUT2D eigenvalue weighted by atomic mass is 9.93. The Labute approximate surface area is 98.7 Å². The third kappa shape index (κ3) is 2.38. The fourth-order valence-corrected chi connectivity index (χ4v) is 2.56. The molecule has 0 radical (unpaired) electrons. The number of hydrogen-bond donors (Lipinski definition) is 1. The molecule has 88 valence electrons. The first-order valence-electron chi connectivity index (χ1n) is 6.19. The van der Waals surface area contributed by atoms with Gasteiger partial charge in [-0.25, -0.2) is 0 Å². The molecule has 0 spiro atoms. The van der Waals surface area contributed by atoms with Crippen LogP contribution in [-0.4, -0.2) is 26.2 Å². The number of nitrogens with zero attached hydrogens (tertiary/aromatic N) is 1. The summed E-state index contributed by atoms with van der Waals surface area (Å²) < 4.78 is 0. The second-order valence-corrected chi connectivity index (χ2v) is 4.94. The molecule has 2 atom stereocenters. The first-order chi connectivity index (χ1) is 7.70. The van der Waals surface area contributed by atoms with E-state index in [1.807, 2.05) is 0 Å². The van der Waals surface area contributed by atoms with E-state index >= 15 is 0 Å². The minimum Gasteiger partial charge on any atom is -0.371 e. The van der Waals surface area contributed by atoms with Crippen LogP contribution in [0, 0.1) is 12.8 Å². The molecule has 1 aromatic carbocycles. The molecule has 0 bridgehead atoms. The molecule has 1 aliphatic rings. The highest BCUT2D eigenvalue weighted by Crippen LogP contribution is 2.23. The molecule has 0 amide bonds. The van der Waals surface area contributed by atoms with Gasteiger partial charge in [0.15, 0.2) is 0 Å². The van der Waals surface area contributed by atoms with E-state index in [0.29, 0.717) is 6.04 Å². The van der Waals surface area contributed by atoms with Crippen molar-refractivity contribution >= 4 is 5.69 Å². The fraction of sp³-hybridized carbons (Fsp3) is 0.571. The molecule has 0 saturated carbocycles. The highest BCUT2D eigenvalue weighted by atomic mass is 15.2. The monoisotopic (exact) mass is 218 g/mol. The fourth-order valence-electron chi connectivity index (χ4n) is 2.56. The standard InChI is InChI=1S/C14H22N2/c1-11-4-6-13(7-5-11)16-9-8-14(15-3)12(2)10-16/h4-7,12,14-15H,8-10H2,1-3H3. The Morgan fingerprint density at radius 2 is 1.94 bits per heavy atom. The van der Waals surface area contributed by atoms with Gasteiger partial charge >= 0.3 is 0 Å². The molecule has 2 rings (SSSR count). The predicted octanol–water partition coefficient (Wildman–Crippen LogP) is 2.43. The van der Waals surface area contributed by atoms with E-state index in [-0.39, 0.29) is 0 Å². The molecule has 1 aromatic rings. The molecule has 2 heteroatoms. The van der Waals surface area contributed by atoms with Crippen molar-refractivity contribution in [2.24, 2.45) is 5.92 Å². The lowest BCUT2D eigenvalue weighted by Gasteiger charge is -2.38. The van der Waals surface area contributed by atoms with Crippen LogP contribution in [-0.2, 0) is 0 Å². The normalized spacial score (nSPS) is 25.8. The van der Waals surface area contributed by atoms with Crippen molar-refractivity contribution < 1.29 is 0 Å². The summed E-state index contributed by atoms with van der Waals surface area (Å²) in [5.74, 6) is 0.722. The van der Waals surface area contributed by atoms with Crippen LogP contribution in [0.3, 0.4) is 0 Å². The second kappa shape index (κ2) is 4.88. The van der Waals surface area contributed by atoms with Gasteiger partial charge in [-0.1, -0.05) is 24.6 Å². The van der Waals surface area contributed by atoms with Crippen molar-refractivity contribution in [1.29, 1.82) is 0 Å². The molecule has 1 heterocycles. The summed E-state index contributed by atoms with van der Waals surface area (Å²) in [4.78, 5) is 2.50. The summed E-state index contributed by atoms with van der Waals surface area (Å²) in [7, 11) is 2.07. The zero-order chi connectivity index (χ0) is 11.5. The molecule has 1 aliphatic heterocycles. The van der Waals surface area contributed by atoms with Crippen LogP contribution in [0.5, 0.6) is 0 Å². The third-order valence-electron chi connectivity index (χ3n) is 3.68. The van der Waals surface area contributed by atoms with Crippen LogP contribution < -0.4 is 10.2 Å². The predicted molar refractivity (Wildman–Crippen MR) is 70.0 cm³/mol. The van der Waals surface area contributed by atoms with Crippen LogP contribution >= 0.6 is 0 Å². The van der Waals surface area contributed by atoms with Crippen LogP contribution in [0.15, 0.2) is 24.3 Å². The second-order valence-electron chi connectivity index (χ2n) is 4.94. The smallest absolute Gasteiger partial charge is 0.0366 e. The Bertz CT molecular complexity index is 331. The first-order valence-corrected chi connectivity index (χ1v) is 6.19. The lowest BCUT2D eigenvalue weighted by molar-refractivity contribution is 0.339. The maximum Gasteiger partial charge on any atom is 0.0366 e. The van der Waals surface area contributed by atoms with Gasteiger partial charge in [0.25, 0.3) is 0 Å². The molecular weight excluding hydrogens is 196 g/mol. The van der Waals surface area contributed by atoms with Gasteiger partial charge < -0.3 is 10.2 Å². The number of anilines is 1. The molecule has 0 aromatic heterocycles. The largest absolute Gasteiger partial charge is 0.371 e. The minimum atomic E-state index is 0.682. The summed E-state index contributed by atoms with van der Waals surface area (Å²) in [6, 6.07) is 9.55. The van der Waals surface area contributed by atoms with E-state index in [2.05, 4.69) is 55.4 Å². The number of piperidine rings is 1. The highest BCUT2D eigenvalue weighted by Gasteiger charge is 2.24. The van der Waals surface area contributed by atoms with Crippen LogP contribution in [0.1, 0.15) is 18.9 Å². The third-order valence-corrected chi connectivity index (χ3v) is 3.68. The first kappa shape index (κ1) is 11.5. The molecular formula is C14H22N2. The van der Waals surface area contributed by atoms with Crippen molar-refractivity contribution in [2.45, 2.75) is 26.3 Å². The van der Waals surface area contributed by atoms with Crippen LogP contribution in [0.25, 0.3) is 0 Å². The zero-order valence-electron chi connectivity index (χ0n) is 10.5. The maximum atomic E-state index is 3.41. The molecule has 2 unspecified atom stereocenters. The Balaban J connectivity index is 2.04. The summed E-state index contributed by atoms with van der Waals surface area (Å²) in [6.45, 7) is 6.80. The van der Waals surface area contributed by atoms with Gasteiger partial charge in [0.1, 0.15) is 0 Å². The van der Waals surface area contributed by atoms with Gasteiger partial charge in [-0.05, 0) is 38.4 Å². The highest BCUT2D eigenvalue weighted by molar-refractivity contribution is 5.48. The van der Waals surface area contributed by atoms with Gasteiger partial charge in [0, 0.05) is 24.8 Å². The van der Waals surface area contributed by atoms with Gasteiger partial charge in [-0.15, -0.1) is 0 Å². The Hall–Kier alpha value is -1.02. The van der Waals surface area contributed by atoms with E-state index in [9.17, 15) is 0 Å². The molecule has 16 heavy (non-hydrogen) atoms. The molecule has 1 fully saturated rings. The number of rotatable bonds is 2. The van der Waals surface area contributed by atoms with E-state index in [4.69, 9.17) is 0 Å². The van der Waals surface area contributed by atoms with Gasteiger partial charge in [-0.3, -0.25) is 0 Å². The number of aryl methyl sites for hydroxylation is 1. The van der Waals surface area contributed by atoms with Crippen LogP contribution in [0.2, 0.25) is 0 Å². The lowest BCUT2D eigenvalue weighted by Crippen LogP contribution is -2.47. The van der Waals surface area contributed by atoms with E-state index < -0.39 is 0 Å². The van der Waals surface area contributed by atoms with Crippen molar-refractivity contribution in [2.75, 3.05) is 25.0 Å². The van der Waals surface area contributed by atoms with E-state index in [0.717, 1.165) is 12.5 Å². The average molecular weight is 218 g/mol. The summed E-state index contributed by atoms with van der Waals surface area (Å²) in [6.07, 6.45) is 1.24. The van der Waals surface area contributed by atoms with E-state index in [1.165, 1.54) is 24.2 Å². The van der Waals surface area contributed by atoms with Crippen LogP contribution in [0.4, 0.5) is 5.69 Å². The minimum absolute atomic E-state index is 0.682. The molecule has 0 aliphatic carbocycles. The quantitative estimate of drug-likeness (QED) is 0.820. The number of nitrogens with one attached hydrogen (secondary N) is 1. The van der Waals surface area contributed by atoms with Crippen molar-refractivity contribution in [1.82, 2.24) is 5.32 Å². The van der Waals surface area contributed by atoms with Crippen molar-refractivity contribution in [3.8, 4) is 0 Å². The van der Waals surface area contributed by atoms with Crippen molar-refractivity contribution in [3.63, 3.8) is 0 Å². The van der Waals surface area contributed by atoms with Gasteiger partial charge in [0.2, 0.25) is 0 Å². The Morgan fingerprint density at radius 1 is 1.25 bits per heavy atom. The zero-order valence-corrected chi connectivity index (χ0v) is 10.5. The average Bonchev–Trinajstić information content (AvgIpc) is 2.30. The SMILES string of the molecule is CNC1CCN(c2ccc(C)cc2)CC1C. The Kier molecular flexibility index (Phi) is 3.49. The van der Waals surface area contributed by atoms with Gasteiger partial charge in [-0.2, -0.15) is 0 Å². The Morgan fingerprint density at radius 3 is 2.50 bits per heavy atom. The van der Waals surface area contributed by atoms with Crippen molar-refractivity contribution in [3.05, 3.63) is 29.8 Å². The summed E-state index contributed by atoms with van der Waals surface area (Å²) in [5, 5.41) is 3.41. The maximum absolute atomic E-state index is 3.41. The number of benzene rings is 1. The van der Waals surface area contributed by atoms with E-state index in [1.54, 1.807) is 0 Å². The van der Waals surface area contributed by atoms with Gasteiger partial charge in [0.05, 0.1) is 0 Å².